The number of hydrogen-bond acceptors (Lipinski definition) is 9. The summed E-state index contributed by atoms with van der Waals surface area (Å²) in [5.41, 5.74) is 1.37. The van der Waals surface area contributed by atoms with Gasteiger partial charge in [0.1, 0.15) is 29.1 Å². The molecule has 3 aromatic rings. The Morgan fingerprint density at radius 3 is 2.31 bits per heavy atom. The Kier molecular flexibility index (Phi) is 7.46. The standard InChI is InChI=1S/C24H32N6O5S/c1-14-12-25-22(26-13-14)16(3)17(4)36(31,32)29-24-28-27-23(21-15(2)10-11-35-21)30(24)20-18(33-5)8-7-9-19(20)34-6/h7-9,12-13,15-17,21H,10-11H2,1-6H3,(H,28,29)/t15-,16+,17+,21+/m1/s1. The van der Waals surface area contributed by atoms with Crippen molar-refractivity contribution in [3.05, 3.63) is 47.8 Å². The van der Waals surface area contributed by atoms with Gasteiger partial charge >= 0.3 is 0 Å². The Bertz CT molecular complexity index is 1290. The zero-order valence-electron chi connectivity index (χ0n) is 21.3. The van der Waals surface area contributed by atoms with E-state index in [-0.39, 0.29) is 18.0 Å². The van der Waals surface area contributed by atoms with E-state index in [1.165, 1.54) is 14.2 Å². The number of hydrogen-bond donors (Lipinski definition) is 1. The van der Waals surface area contributed by atoms with Crippen LogP contribution >= 0.6 is 0 Å². The molecular weight excluding hydrogens is 484 g/mol. The molecule has 194 valence electrons. The fourth-order valence-corrected chi connectivity index (χ4v) is 5.41. The number of sulfonamides is 1. The molecule has 0 unspecified atom stereocenters. The maximum Gasteiger partial charge on any atom is 0.243 e. The highest BCUT2D eigenvalue weighted by molar-refractivity contribution is 7.93. The summed E-state index contributed by atoms with van der Waals surface area (Å²) in [6.45, 7) is 7.91. The van der Waals surface area contributed by atoms with Crippen molar-refractivity contribution >= 4 is 16.0 Å². The van der Waals surface area contributed by atoms with Crippen LogP contribution in [-0.2, 0) is 14.8 Å². The molecule has 1 N–H and O–H groups in total. The number of rotatable bonds is 9. The highest BCUT2D eigenvalue weighted by Crippen LogP contribution is 2.40. The molecule has 0 spiro atoms. The van der Waals surface area contributed by atoms with Gasteiger partial charge in [0.25, 0.3) is 0 Å². The zero-order chi connectivity index (χ0) is 26.0. The average molecular weight is 517 g/mol. The van der Waals surface area contributed by atoms with E-state index in [1.807, 2.05) is 6.92 Å². The predicted molar refractivity (Wildman–Crippen MR) is 134 cm³/mol. The van der Waals surface area contributed by atoms with Crippen LogP contribution in [0.2, 0.25) is 0 Å². The third-order valence-corrected chi connectivity index (χ3v) is 8.44. The average Bonchev–Trinajstić information content (AvgIpc) is 3.47. The fourth-order valence-electron chi connectivity index (χ4n) is 4.18. The van der Waals surface area contributed by atoms with Crippen LogP contribution in [0.5, 0.6) is 11.5 Å². The molecule has 0 amide bonds. The van der Waals surface area contributed by atoms with Gasteiger partial charge in [-0.3, -0.25) is 9.29 Å². The minimum absolute atomic E-state index is 0.0133. The minimum Gasteiger partial charge on any atom is -0.494 e. The van der Waals surface area contributed by atoms with Gasteiger partial charge in [0.15, 0.2) is 5.82 Å². The van der Waals surface area contributed by atoms with Crippen molar-refractivity contribution in [1.82, 2.24) is 24.7 Å². The van der Waals surface area contributed by atoms with Gasteiger partial charge in [0.2, 0.25) is 16.0 Å². The van der Waals surface area contributed by atoms with Crippen LogP contribution in [-0.4, -0.2) is 59.2 Å². The van der Waals surface area contributed by atoms with E-state index in [0.29, 0.717) is 35.4 Å². The smallest absolute Gasteiger partial charge is 0.243 e. The molecule has 1 aliphatic heterocycles. The van der Waals surface area contributed by atoms with Crippen molar-refractivity contribution in [3.8, 4) is 17.2 Å². The van der Waals surface area contributed by atoms with Crippen molar-refractivity contribution < 1.29 is 22.6 Å². The Morgan fingerprint density at radius 2 is 1.75 bits per heavy atom. The first-order valence-corrected chi connectivity index (χ1v) is 13.3. The summed E-state index contributed by atoms with van der Waals surface area (Å²) < 4.78 is 48.5. The maximum absolute atomic E-state index is 13.5. The van der Waals surface area contributed by atoms with Gasteiger partial charge in [-0.25, -0.2) is 18.4 Å². The van der Waals surface area contributed by atoms with Gasteiger partial charge in [-0.15, -0.1) is 10.2 Å². The van der Waals surface area contributed by atoms with E-state index < -0.39 is 21.2 Å². The van der Waals surface area contributed by atoms with Crippen LogP contribution in [0.25, 0.3) is 5.69 Å². The number of ether oxygens (including phenoxy) is 3. The molecular formula is C24H32N6O5S. The molecule has 4 atom stereocenters. The second-order valence-electron chi connectivity index (χ2n) is 9.05. The first kappa shape index (κ1) is 25.8. The highest BCUT2D eigenvalue weighted by Gasteiger charge is 2.36. The van der Waals surface area contributed by atoms with Crippen molar-refractivity contribution in [2.75, 3.05) is 25.5 Å². The summed E-state index contributed by atoms with van der Waals surface area (Å²) in [5.74, 6) is 1.54. The predicted octanol–water partition coefficient (Wildman–Crippen LogP) is 3.41. The Morgan fingerprint density at radius 1 is 1.11 bits per heavy atom. The molecule has 2 aromatic heterocycles. The Balaban J connectivity index is 1.78. The van der Waals surface area contributed by atoms with Gasteiger partial charge < -0.3 is 14.2 Å². The molecule has 1 aliphatic rings. The van der Waals surface area contributed by atoms with Crippen LogP contribution in [0, 0.1) is 12.8 Å². The highest BCUT2D eigenvalue weighted by atomic mass is 32.2. The first-order chi connectivity index (χ1) is 17.2. The molecule has 0 aliphatic carbocycles. The van der Waals surface area contributed by atoms with Crippen LogP contribution in [0.15, 0.2) is 30.6 Å². The molecule has 1 saturated heterocycles. The van der Waals surface area contributed by atoms with Crippen LogP contribution < -0.4 is 14.2 Å². The molecule has 0 radical (unpaired) electrons. The maximum atomic E-state index is 13.5. The van der Waals surface area contributed by atoms with Crippen molar-refractivity contribution in [3.63, 3.8) is 0 Å². The quantitative estimate of drug-likeness (QED) is 0.454. The Labute approximate surface area is 211 Å². The number of para-hydroxylation sites is 1. The third-order valence-electron chi connectivity index (χ3n) is 6.59. The number of benzene rings is 1. The molecule has 4 rings (SSSR count). The minimum atomic E-state index is -3.94. The van der Waals surface area contributed by atoms with Gasteiger partial charge in [-0.05, 0) is 43.9 Å². The lowest BCUT2D eigenvalue weighted by Crippen LogP contribution is -2.31. The van der Waals surface area contributed by atoms with E-state index >= 15 is 0 Å². The topological polar surface area (TPSA) is 130 Å². The van der Waals surface area contributed by atoms with Crippen LogP contribution in [0.1, 0.15) is 56.4 Å². The first-order valence-electron chi connectivity index (χ1n) is 11.8. The summed E-state index contributed by atoms with van der Waals surface area (Å²) in [6, 6.07) is 5.31. The largest absolute Gasteiger partial charge is 0.494 e. The second-order valence-corrected chi connectivity index (χ2v) is 11.1. The lowest BCUT2D eigenvalue weighted by Gasteiger charge is -2.22. The van der Waals surface area contributed by atoms with Gasteiger partial charge in [0, 0.05) is 24.9 Å². The summed E-state index contributed by atoms with van der Waals surface area (Å²) in [5, 5.41) is 7.73. The van der Waals surface area contributed by atoms with E-state index in [9.17, 15) is 8.42 Å². The molecule has 3 heterocycles. The van der Waals surface area contributed by atoms with Crippen molar-refractivity contribution in [2.24, 2.45) is 5.92 Å². The zero-order valence-corrected chi connectivity index (χ0v) is 22.1. The van der Waals surface area contributed by atoms with Crippen LogP contribution in [0.4, 0.5) is 5.95 Å². The number of methoxy groups -OCH3 is 2. The summed E-state index contributed by atoms with van der Waals surface area (Å²) >= 11 is 0. The van der Waals surface area contributed by atoms with Crippen molar-refractivity contribution in [2.45, 2.75) is 51.4 Å². The van der Waals surface area contributed by atoms with Gasteiger partial charge in [0.05, 0.1) is 19.5 Å². The third kappa shape index (κ3) is 4.87. The summed E-state index contributed by atoms with van der Waals surface area (Å²) in [7, 11) is -0.872. The van der Waals surface area contributed by atoms with E-state index in [0.717, 1.165) is 12.0 Å². The number of nitrogens with one attached hydrogen (secondary N) is 1. The number of aromatic nitrogens is 5. The lowest BCUT2D eigenvalue weighted by atomic mass is 10.0. The number of aryl methyl sites for hydroxylation is 1. The normalized spacial score (nSPS) is 19.6. The fraction of sp³-hybridized carbons (Fsp3) is 0.500. The monoisotopic (exact) mass is 516 g/mol. The van der Waals surface area contributed by atoms with Crippen molar-refractivity contribution in [1.29, 1.82) is 0 Å². The summed E-state index contributed by atoms with van der Waals surface area (Å²) in [4.78, 5) is 8.62. The lowest BCUT2D eigenvalue weighted by molar-refractivity contribution is 0.0858. The summed E-state index contributed by atoms with van der Waals surface area (Å²) in [6.07, 6.45) is 3.83. The molecule has 11 nitrogen and oxygen atoms in total. The second kappa shape index (κ2) is 10.4. The van der Waals surface area contributed by atoms with E-state index in [4.69, 9.17) is 14.2 Å². The number of anilines is 1. The van der Waals surface area contributed by atoms with Gasteiger partial charge in [-0.2, -0.15) is 0 Å². The molecule has 12 heteroatoms. The van der Waals surface area contributed by atoms with E-state index in [2.05, 4.69) is 31.8 Å². The Hall–Kier alpha value is -3.25. The molecule has 0 saturated carbocycles. The van der Waals surface area contributed by atoms with E-state index in [1.54, 1.807) is 49.0 Å². The molecule has 36 heavy (non-hydrogen) atoms. The number of nitrogens with zero attached hydrogens (tertiary/aromatic N) is 5. The molecule has 0 bridgehead atoms. The van der Waals surface area contributed by atoms with Gasteiger partial charge in [-0.1, -0.05) is 19.9 Å². The molecule has 1 fully saturated rings. The molecule has 1 aromatic carbocycles. The van der Waals surface area contributed by atoms with Crippen LogP contribution in [0.3, 0.4) is 0 Å². The SMILES string of the molecule is COc1cccc(OC)c1-n1c(NS(=O)(=O)[C@@H](C)[C@H](C)c2ncc(C)cn2)nnc1[C@H]1OCC[C@H]1C.